The van der Waals surface area contributed by atoms with E-state index in [1.54, 1.807) is 0 Å². The summed E-state index contributed by atoms with van der Waals surface area (Å²) < 4.78 is 11.3. The fourth-order valence-corrected chi connectivity index (χ4v) is 4.36. The number of nitrogens with one attached hydrogen (secondary N) is 3. The fourth-order valence-electron chi connectivity index (χ4n) is 4.36. The van der Waals surface area contributed by atoms with Crippen LogP contribution in [0.15, 0.2) is 35.3 Å². The fraction of sp³-hybridized carbons (Fsp3) is 0.696. The van der Waals surface area contributed by atoms with E-state index in [1.807, 2.05) is 7.05 Å². The molecule has 3 atom stereocenters. The molecule has 1 aliphatic heterocycles. The maximum atomic E-state index is 5.93. The van der Waals surface area contributed by atoms with Gasteiger partial charge in [-0.25, -0.2) is 0 Å². The van der Waals surface area contributed by atoms with Crippen LogP contribution in [-0.4, -0.2) is 57.1 Å². The van der Waals surface area contributed by atoms with E-state index in [0.717, 1.165) is 25.5 Å². The molecule has 1 aromatic carbocycles. The van der Waals surface area contributed by atoms with Crippen LogP contribution in [0.1, 0.15) is 57.6 Å². The maximum absolute atomic E-state index is 5.93. The van der Waals surface area contributed by atoms with Gasteiger partial charge in [-0.1, -0.05) is 43.2 Å². The lowest BCUT2D eigenvalue weighted by molar-refractivity contribution is 0.0347. The lowest BCUT2D eigenvalue weighted by atomic mass is 9.94. The van der Waals surface area contributed by atoms with Gasteiger partial charge in [0, 0.05) is 37.8 Å². The molecule has 3 rings (SSSR count). The quantitative estimate of drug-likeness (QED) is 0.438. The smallest absolute Gasteiger partial charge is 0.191 e. The number of benzene rings is 1. The van der Waals surface area contributed by atoms with Gasteiger partial charge in [-0.3, -0.25) is 4.99 Å². The van der Waals surface area contributed by atoms with Crippen LogP contribution in [-0.2, 0) is 9.47 Å². The zero-order valence-corrected chi connectivity index (χ0v) is 18.2. The molecule has 0 spiro atoms. The van der Waals surface area contributed by atoms with Gasteiger partial charge in [0.05, 0.1) is 19.3 Å². The van der Waals surface area contributed by atoms with E-state index >= 15 is 0 Å². The molecule has 1 saturated heterocycles. The second-order valence-corrected chi connectivity index (χ2v) is 8.55. The molecule has 1 aromatic rings. The third kappa shape index (κ3) is 6.69. The lowest BCUT2D eigenvalue weighted by Crippen LogP contribution is -2.55. The minimum Gasteiger partial charge on any atom is -0.379 e. The zero-order valence-electron chi connectivity index (χ0n) is 18.2. The van der Waals surface area contributed by atoms with Crippen molar-refractivity contribution in [1.29, 1.82) is 0 Å². The van der Waals surface area contributed by atoms with Gasteiger partial charge < -0.3 is 25.4 Å². The summed E-state index contributed by atoms with van der Waals surface area (Å²) in [5.74, 6) is 0.837. The molecule has 0 amide bonds. The van der Waals surface area contributed by atoms with Crippen molar-refractivity contribution in [1.82, 2.24) is 16.0 Å². The predicted molar refractivity (Wildman–Crippen MR) is 118 cm³/mol. The molecule has 6 nitrogen and oxygen atoms in total. The number of nitrogens with zero attached hydrogens (tertiary/aromatic N) is 1. The van der Waals surface area contributed by atoms with Crippen LogP contribution < -0.4 is 16.0 Å². The van der Waals surface area contributed by atoms with E-state index in [1.165, 1.54) is 31.2 Å². The first kappa shape index (κ1) is 22.1. The molecule has 2 fully saturated rings. The Balaban J connectivity index is 1.48. The van der Waals surface area contributed by atoms with Gasteiger partial charge in [0.15, 0.2) is 5.96 Å². The third-order valence-electron chi connectivity index (χ3n) is 6.05. The summed E-state index contributed by atoms with van der Waals surface area (Å²) in [5, 5.41) is 10.9. The van der Waals surface area contributed by atoms with Gasteiger partial charge in [-0.05, 0) is 38.7 Å². The van der Waals surface area contributed by atoms with Crippen LogP contribution in [0, 0.1) is 0 Å². The van der Waals surface area contributed by atoms with Crippen molar-refractivity contribution < 1.29 is 9.47 Å². The van der Waals surface area contributed by atoms with E-state index < -0.39 is 0 Å². The van der Waals surface area contributed by atoms with Crippen molar-refractivity contribution >= 4 is 5.96 Å². The van der Waals surface area contributed by atoms with Crippen molar-refractivity contribution in [3.63, 3.8) is 0 Å². The van der Waals surface area contributed by atoms with Crippen LogP contribution in [0.4, 0.5) is 0 Å². The Morgan fingerprint density at radius 3 is 2.66 bits per heavy atom. The first-order valence-corrected chi connectivity index (χ1v) is 11.1. The summed E-state index contributed by atoms with van der Waals surface area (Å²) in [4.78, 5) is 4.42. The minimum absolute atomic E-state index is 0.105. The van der Waals surface area contributed by atoms with Crippen molar-refractivity contribution in [2.45, 2.75) is 69.7 Å². The monoisotopic (exact) mass is 402 g/mol. The van der Waals surface area contributed by atoms with E-state index in [0.29, 0.717) is 19.3 Å². The van der Waals surface area contributed by atoms with Crippen LogP contribution in [0.5, 0.6) is 0 Å². The average Bonchev–Trinajstić information content (AvgIpc) is 3.43. The molecular formula is C23H38N4O2. The molecule has 2 aliphatic rings. The highest BCUT2D eigenvalue weighted by molar-refractivity contribution is 5.80. The first-order valence-electron chi connectivity index (χ1n) is 11.1. The SMILES string of the molecule is CN=C(NCC1(NC(C)c2ccccc2)CCCC1)NC(C)COC1CCOC1. The van der Waals surface area contributed by atoms with Gasteiger partial charge in [-0.2, -0.15) is 0 Å². The molecular weight excluding hydrogens is 364 g/mol. The van der Waals surface area contributed by atoms with Gasteiger partial charge >= 0.3 is 0 Å². The van der Waals surface area contributed by atoms with Crippen LogP contribution in [0.2, 0.25) is 0 Å². The Hall–Kier alpha value is -1.63. The number of guanidine groups is 1. The summed E-state index contributed by atoms with van der Waals surface area (Å²) in [5.41, 5.74) is 1.44. The summed E-state index contributed by atoms with van der Waals surface area (Å²) >= 11 is 0. The molecule has 0 aromatic heterocycles. The average molecular weight is 403 g/mol. The van der Waals surface area contributed by atoms with Crippen molar-refractivity contribution in [2.24, 2.45) is 4.99 Å². The Morgan fingerprint density at radius 1 is 1.24 bits per heavy atom. The van der Waals surface area contributed by atoms with Crippen LogP contribution in [0.25, 0.3) is 0 Å². The summed E-state index contributed by atoms with van der Waals surface area (Å²) in [6.07, 6.45) is 6.15. The molecule has 0 radical (unpaired) electrons. The molecule has 1 aliphatic carbocycles. The summed E-state index contributed by atoms with van der Waals surface area (Å²) in [6.45, 7) is 7.44. The van der Waals surface area contributed by atoms with E-state index in [2.05, 4.69) is 65.1 Å². The van der Waals surface area contributed by atoms with Gasteiger partial charge in [0.2, 0.25) is 0 Å². The Morgan fingerprint density at radius 2 is 2.00 bits per heavy atom. The number of rotatable bonds is 9. The Labute approximate surface area is 175 Å². The topological polar surface area (TPSA) is 66.9 Å². The van der Waals surface area contributed by atoms with E-state index in [9.17, 15) is 0 Å². The molecule has 0 bridgehead atoms. The second-order valence-electron chi connectivity index (χ2n) is 8.55. The van der Waals surface area contributed by atoms with E-state index in [4.69, 9.17) is 9.47 Å². The highest BCUT2D eigenvalue weighted by atomic mass is 16.5. The minimum atomic E-state index is 0.105. The molecule has 162 valence electrons. The van der Waals surface area contributed by atoms with Gasteiger partial charge in [0.1, 0.15) is 0 Å². The number of aliphatic imine (C=N–C) groups is 1. The standard InChI is InChI=1S/C23H38N4O2/c1-18(15-29-21-11-14-28-16-21)26-22(24-3)25-17-23(12-7-8-13-23)27-19(2)20-9-5-4-6-10-20/h4-6,9-10,18-19,21,27H,7-8,11-17H2,1-3H3,(H2,24,25,26). The summed E-state index contributed by atoms with van der Waals surface area (Å²) in [7, 11) is 1.83. The second kappa shape index (κ2) is 11.0. The van der Waals surface area contributed by atoms with E-state index in [-0.39, 0.29) is 17.7 Å². The number of ether oxygens (including phenoxy) is 2. The number of hydrogen-bond acceptors (Lipinski definition) is 4. The van der Waals surface area contributed by atoms with Crippen LogP contribution in [0.3, 0.4) is 0 Å². The third-order valence-corrected chi connectivity index (χ3v) is 6.05. The molecule has 3 unspecified atom stereocenters. The Kier molecular flexibility index (Phi) is 8.33. The number of hydrogen-bond donors (Lipinski definition) is 3. The molecule has 3 N–H and O–H groups in total. The largest absolute Gasteiger partial charge is 0.379 e. The molecule has 1 saturated carbocycles. The summed E-state index contributed by atoms with van der Waals surface area (Å²) in [6, 6.07) is 11.2. The zero-order chi connectivity index (χ0) is 20.5. The predicted octanol–water partition coefficient (Wildman–Crippen LogP) is 3.01. The van der Waals surface area contributed by atoms with Crippen molar-refractivity contribution in [2.75, 3.05) is 33.4 Å². The highest BCUT2D eigenvalue weighted by Gasteiger charge is 2.35. The van der Waals surface area contributed by atoms with Gasteiger partial charge in [0.25, 0.3) is 0 Å². The maximum Gasteiger partial charge on any atom is 0.191 e. The first-order chi connectivity index (χ1) is 14.1. The normalized spacial score (nSPS) is 23.7. The lowest BCUT2D eigenvalue weighted by Gasteiger charge is -2.35. The molecule has 1 heterocycles. The van der Waals surface area contributed by atoms with Crippen molar-refractivity contribution in [3.05, 3.63) is 35.9 Å². The van der Waals surface area contributed by atoms with Crippen molar-refractivity contribution in [3.8, 4) is 0 Å². The Bertz CT molecular complexity index is 625. The molecule has 29 heavy (non-hydrogen) atoms. The highest BCUT2D eigenvalue weighted by Crippen LogP contribution is 2.31. The molecule has 6 heteroatoms. The van der Waals surface area contributed by atoms with Gasteiger partial charge in [-0.15, -0.1) is 0 Å². The van der Waals surface area contributed by atoms with Crippen LogP contribution >= 0.6 is 0 Å².